The first-order valence-corrected chi connectivity index (χ1v) is 4.48. The Hall–Kier alpha value is -2.04. The number of rotatable bonds is 3. The Morgan fingerprint density at radius 1 is 1.60 bits per heavy atom. The van der Waals surface area contributed by atoms with Crippen molar-refractivity contribution in [1.29, 1.82) is 0 Å². The molecular formula is C10H10N2O3. The molecule has 2 rings (SSSR count). The molecular weight excluding hydrogens is 196 g/mol. The van der Waals surface area contributed by atoms with Crippen LogP contribution in [0.2, 0.25) is 0 Å². The number of benzene rings is 1. The fourth-order valence-electron chi connectivity index (χ4n) is 1.42. The Bertz CT molecular complexity index is 504. The number of aromatic nitrogens is 1. The van der Waals surface area contributed by atoms with E-state index >= 15 is 0 Å². The van der Waals surface area contributed by atoms with E-state index in [9.17, 15) is 4.79 Å². The highest BCUT2D eigenvalue weighted by atomic mass is 16.4. The lowest BCUT2D eigenvalue weighted by atomic mass is 10.1. The number of carboxylic acid groups (broad SMARTS) is 1. The maximum Gasteiger partial charge on any atom is 0.307 e. The monoisotopic (exact) mass is 206 g/mol. The number of nitrogens with one attached hydrogen (secondary N) is 1. The smallest absolute Gasteiger partial charge is 0.307 e. The molecule has 0 atom stereocenters. The Kier molecular flexibility index (Phi) is 2.29. The lowest BCUT2D eigenvalue weighted by Gasteiger charge is -1.96. The van der Waals surface area contributed by atoms with Gasteiger partial charge in [-0.05, 0) is 6.07 Å². The molecule has 2 aromatic rings. The van der Waals surface area contributed by atoms with Gasteiger partial charge < -0.3 is 14.8 Å². The molecule has 2 N–H and O–H groups in total. The van der Waals surface area contributed by atoms with Gasteiger partial charge >= 0.3 is 5.97 Å². The highest BCUT2D eigenvalue weighted by molar-refractivity contribution is 5.82. The van der Waals surface area contributed by atoms with Gasteiger partial charge in [0.1, 0.15) is 5.52 Å². The molecule has 15 heavy (non-hydrogen) atoms. The Labute approximate surface area is 85.7 Å². The van der Waals surface area contributed by atoms with E-state index in [1.165, 1.54) is 0 Å². The van der Waals surface area contributed by atoms with Gasteiger partial charge in [-0.1, -0.05) is 12.1 Å². The number of nitrogens with zero attached hydrogens (tertiary/aromatic N) is 1. The van der Waals surface area contributed by atoms with Crippen LogP contribution in [0.25, 0.3) is 11.1 Å². The van der Waals surface area contributed by atoms with Crippen molar-refractivity contribution < 1.29 is 14.3 Å². The van der Waals surface area contributed by atoms with Crippen LogP contribution in [0.15, 0.2) is 22.6 Å². The molecule has 5 heteroatoms. The SMILES string of the molecule is CNc1nc2cccc(CC(=O)O)c2o1. The third-order valence-electron chi connectivity index (χ3n) is 2.05. The van der Waals surface area contributed by atoms with Crippen LogP contribution < -0.4 is 5.32 Å². The fraction of sp³-hybridized carbons (Fsp3) is 0.200. The minimum absolute atomic E-state index is 0.0598. The third kappa shape index (κ3) is 1.76. The first-order valence-electron chi connectivity index (χ1n) is 4.48. The number of anilines is 1. The molecule has 1 aromatic carbocycles. The van der Waals surface area contributed by atoms with E-state index in [4.69, 9.17) is 9.52 Å². The number of aliphatic carboxylic acids is 1. The second-order valence-electron chi connectivity index (χ2n) is 3.10. The van der Waals surface area contributed by atoms with Gasteiger partial charge in [-0.2, -0.15) is 4.98 Å². The van der Waals surface area contributed by atoms with Crippen LogP contribution in [-0.4, -0.2) is 23.1 Å². The molecule has 5 nitrogen and oxygen atoms in total. The number of oxazole rings is 1. The number of hydrogen-bond donors (Lipinski definition) is 2. The van der Waals surface area contributed by atoms with E-state index in [1.54, 1.807) is 25.2 Å². The normalized spacial score (nSPS) is 10.5. The van der Waals surface area contributed by atoms with Crippen molar-refractivity contribution in [2.75, 3.05) is 12.4 Å². The molecule has 0 aliphatic rings. The Morgan fingerprint density at radius 3 is 3.07 bits per heavy atom. The molecule has 0 spiro atoms. The standard InChI is InChI=1S/C10H10N2O3/c1-11-10-12-7-4-2-3-6(5-8(13)14)9(7)15-10/h2-4H,5H2,1H3,(H,11,12)(H,13,14). The summed E-state index contributed by atoms with van der Waals surface area (Å²) in [5.41, 5.74) is 1.83. The maximum absolute atomic E-state index is 10.6. The molecule has 0 aliphatic carbocycles. The van der Waals surface area contributed by atoms with Gasteiger partial charge in [0.05, 0.1) is 6.42 Å². The van der Waals surface area contributed by atoms with Crippen LogP contribution in [0.1, 0.15) is 5.56 Å². The summed E-state index contributed by atoms with van der Waals surface area (Å²) in [5, 5.41) is 11.5. The van der Waals surface area contributed by atoms with Crippen LogP contribution in [0.4, 0.5) is 6.01 Å². The molecule has 1 heterocycles. The van der Waals surface area contributed by atoms with E-state index < -0.39 is 5.97 Å². The van der Waals surface area contributed by atoms with Crippen molar-refractivity contribution in [3.8, 4) is 0 Å². The van der Waals surface area contributed by atoms with Crippen molar-refractivity contribution in [2.45, 2.75) is 6.42 Å². The molecule has 0 aliphatic heterocycles. The molecule has 0 bridgehead atoms. The fourth-order valence-corrected chi connectivity index (χ4v) is 1.42. The van der Waals surface area contributed by atoms with Crippen molar-refractivity contribution >= 4 is 23.1 Å². The molecule has 0 radical (unpaired) electrons. The Balaban J connectivity index is 2.54. The van der Waals surface area contributed by atoms with Gasteiger partial charge in [0.25, 0.3) is 6.01 Å². The summed E-state index contributed by atoms with van der Waals surface area (Å²) in [5.74, 6) is -0.884. The summed E-state index contributed by atoms with van der Waals surface area (Å²) in [6.07, 6.45) is -0.0598. The van der Waals surface area contributed by atoms with E-state index in [1.807, 2.05) is 0 Å². The molecule has 0 unspecified atom stereocenters. The molecule has 78 valence electrons. The highest BCUT2D eigenvalue weighted by Gasteiger charge is 2.10. The van der Waals surface area contributed by atoms with Crippen molar-refractivity contribution in [2.24, 2.45) is 0 Å². The molecule has 0 saturated carbocycles. The van der Waals surface area contributed by atoms with E-state index in [0.29, 0.717) is 22.7 Å². The summed E-state index contributed by atoms with van der Waals surface area (Å²) >= 11 is 0. The Morgan fingerprint density at radius 2 is 2.40 bits per heavy atom. The summed E-state index contributed by atoms with van der Waals surface area (Å²) < 4.78 is 5.36. The predicted molar refractivity (Wildman–Crippen MR) is 54.9 cm³/mol. The number of carboxylic acids is 1. The molecule has 0 fully saturated rings. The largest absolute Gasteiger partial charge is 0.481 e. The summed E-state index contributed by atoms with van der Waals surface area (Å²) in [6, 6.07) is 5.66. The van der Waals surface area contributed by atoms with Gasteiger partial charge in [0.2, 0.25) is 0 Å². The zero-order valence-corrected chi connectivity index (χ0v) is 8.15. The van der Waals surface area contributed by atoms with E-state index in [2.05, 4.69) is 10.3 Å². The second-order valence-corrected chi connectivity index (χ2v) is 3.10. The first-order chi connectivity index (χ1) is 7.20. The van der Waals surface area contributed by atoms with Gasteiger partial charge in [0.15, 0.2) is 5.58 Å². The van der Waals surface area contributed by atoms with Crippen molar-refractivity contribution in [1.82, 2.24) is 4.98 Å². The molecule has 1 aromatic heterocycles. The van der Waals surface area contributed by atoms with Gasteiger partial charge in [0, 0.05) is 12.6 Å². The quantitative estimate of drug-likeness (QED) is 0.795. The number of hydrogen-bond acceptors (Lipinski definition) is 4. The summed E-state index contributed by atoms with van der Waals surface area (Å²) in [4.78, 5) is 14.7. The van der Waals surface area contributed by atoms with E-state index in [0.717, 1.165) is 0 Å². The zero-order valence-electron chi connectivity index (χ0n) is 8.15. The van der Waals surface area contributed by atoms with Crippen LogP contribution in [-0.2, 0) is 11.2 Å². The van der Waals surface area contributed by atoms with Crippen molar-refractivity contribution in [3.05, 3.63) is 23.8 Å². The average Bonchev–Trinajstić information content (AvgIpc) is 2.61. The number of para-hydroxylation sites is 1. The number of carbonyl (C=O) groups is 1. The lowest BCUT2D eigenvalue weighted by Crippen LogP contribution is -1.99. The van der Waals surface area contributed by atoms with Crippen LogP contribution >= 0.6 is 0 Å². The summed E-state index contributed by atoms with van der Waals surface area (Å²) in [7, 11) is 1.70. The topological polar surface area (TPSA) is 75.4 Å². The zero-order chi connectivity index (χ0) is 10.8. The molecule has 0 amide bonds. The maximum atomic E-state index is 10.6. The number of fused-ring (bicyclic) bond motifs is 1. The minimum atomic E-state index is -0.884. The average molecular weight is 206 g/mol. The highest BCUT2D eigenvalue weighted by Crippen LogP contribution is 2.22. The van der Waals surface area contributed by atoms with Crippen molar-refractivity contribution in [3.63, 3.8) is 0 Å². The van der Waals surface area contributed by atoms with E-state index in [-0.39, 0.29) is 6.42 Å². The van der Waals surface area contributed by atoms with Crippen LogP contribution in [0, 0.1) is 0 Å². The first kappa shape index (κ1) is 9.51. The second kappa shape index (κ2) is 3.61. The molecule has 0 saturated heterocycles. The minimum Gasteiger partial charge on any atom is -0.481 e. The van der Waals surface area contributed by atoms with Gasteiger partial charge in [-0.15, -0.1) is 0 Å². The lowest BCUT2D eigenvalue weighted by molar-refractivity contribution is -0.136. The van der Waals surface area contributed by atoms with Gasteiger partial charge in [-0.25, -0.2) is 0 Å². The van der Waals surface area contributed by atoms with Crippen LogP contribution in [0.3, 0.4) is 0 Å². The van der Waals surface area contributed by atoms with Gasteiger partial charge in [-0.3, -0.25) is 4.79 Å². The summed E-state index contributed by atoms with van der Waals surface area (Å²) in [6.45, 7) is 0. The third-order valence-corrected chi connectivity index (χ3v) is 2.05. The van der Waals surface area contributed by atoms with Crippen LogP contribution in [0.5, 0.6) is 0 Å². The predicted octanol–water partition coefficient (Wildman–Crippen LogP) is 1.50.